The summed E-state index contributed by atoms with van der Waals surface area (Å²) in [6.07, 6.45) is 2.53. The van der Waals surface area contributed by atoms with Crippen molar-refractivity contribution in [3.8, 4) is 11.1 Å². The molecule has 1 aliphatic rings. The number of β-amino-alcohol motifs (C(OH)–C–C–N with tert-alkyl or cyclic N) is 1. The summed E-state index contributed by atoms with van der Waals surface area (Å²) in [5, 5.41) is 23.5. The van der Waals surface area contributed by atoms with Gasteiger partial charge in [-0.15, -0.1) is 0 Å². The van der Waals surface area contributed by atoms with E-state index in [4.69, 9.17) is 0 Å². The summed E-state index contributed by atoms with van der Waals surface area (Å²) in [7, 11) is 1.94. The van der Waals surface area contributed by atoms with Crippen LogP contribution in [0.2, 0.25) is 0 Å². The number of benzene rings is 3. The standard InChI is InChI=1S/C31H37FN2O3S/c1-31(2,18-21-13-22-7-4-5-8-23(22)14-21)33-19-27(35)20-34(3)38-28-10-6-9-24(16-28)29-12-11-26(32)15-25(29)17-30(36)37/h4-12,15-16,21,27,33,35H,13-14,17-20H2,1-3H3,(H,36,37)/t27-/m1/s1. The molecule has 202 valence electrons. The van der Waals surface area contributed by atoms with E-state index < -0.39 is 17.9 Å². The lowest BCUT2D eigenvalue weighted by Gasteiger charge is -2.31. The van der Waals surface area contributed by atoms with Crippen LogP contribution < -0.4 is 5.32 Å². The Balaban J connectivity index is 1.29. The molecule has 38 heavy (non-hydrogen) atoms. The number of likely N-dealkylation sites (N-methyl/N-ethyl adjacent to an activating group) is 1. The minimum Gasteiger partial charge on any atom is -0.481 e. The van der Waals surface area contributed by atoms with Gasteiger partial charge in [-0.2, -0.15) is 0 Å². The molecule has 4 rings (SSSR count). The molecule has 0 spiro atoms. The van der Waals surface area contributed by atoms with Gasteiger partial charge in [0.25, 0.3) is 0 Å². The molecule has 0 radical (unpaired) electrons. The van der Waals surface area contributed by atoms with Crippen LogP contribution in [0.25, 0.3) is 11.1 Å². The molecular formula is C31H37FN2O3S. The molecule has 0 saturated carbocycles. The molecule has 1 atom stereocenters. The topological polar surface area (TPSA) is 72.8 Å². The molecule has 7 heteroatoms. The van der Waals surface area contributed by atoms with E-state index in [2.05, 4.69) is 43.4 Å². The minimum atomic E-state index is -0.999. The molecule has 0 fully saturated rings. The molecule has 0 aliphatic heterocycles. The minimum absolute atomic E-state index is 0.0729. The first-order chi connectivity index (χ1) is 18.1. The maximum atomic E-state index is 13.7. The van der Waals surface area contributed by atoms with E-state index in [9.17, 15) is 19.4 Å². The van der Waals surface area contributed by atoms with E-state index in [0.717, 1.165) is 29.7 Å². The second-order valence-corrected chi connectivity index (χ2v) is 12.2. The smallest absolute Gasteiger partial charge is 0.307 e. The van der Waals surface area contributed by atoms with Gasteiger partial charge >= 0.3 is 5.97 Å². The lowest BCUT2D eigenvalue weighted by molar-refractivity contribution is -0.136. The Morgan fingerprint density at radius 2 is 1.82 bits per heavy atom. The summed E-state index contributed by atoms with van der Waals surface area (Å²) in [6, 6.07) is 20.7. The quantitative estimate of drug-likeness (QED) is 0.262. The fourth-order valence-corrected chi connectivity index (χ4v) is 6.36. The molecular weight excluding hydrogens is 499 g/mol. The summed E-state index contributed by atoms with van der Waals surface area (Å²) in [4.78, 5) is 12.2. The van der Waals surface area contributed by atoms with Crippen molar-refractivity contribution in [1.29, 1.82) is 0 Å². The van der Waals surface area contributed by atoms with E-state index in [-0.39, 0.29) is 12.0 Å². The first kappa shape index (κ1) is 28.3. The zero-order chi connectivity index (χ0) is 27.3. The van der Waals surface area contributed by atoms with Crippen molar-refractivity contribution in [2.75, 3.05) is 20.1 Å². The van der Waals surface area contributed by atoms with Gasteiger partial charge in [-0.25, -0.2) is 8.70 Å². The summed E-state index contributed by atoms with van der Waals surface area (Å²) < 4.78 is 15.7. The zero-order valence-electron chi connectivity index (χ0n) is 22.3. The van der Waals surface area contributed by atoms with Crippen LogP contribution in [0, 0.1) is 11.7 Å². The highest BCUT2D eigenvalue weighted by Gasteiger charge is 2.28. The first-order valence-electron chi connectivity index (χ1n) is 13.1. The van der Waals surface area contributed by atoms with Crippen molar-refractivity contribution >= 4 is 17.9 Å². The number of halogens is 1. The number of fused-ring (bicyclic) bond motifs is 1. The highest BCUT2D eigenvalue weighted by molar-refractivity contribution is 7.97. The summed E-state index contributed by atoms with van der Waals surface area (Å²) in [6.45, 7) is 5.40. The Morgan fingerprint density at radius 3 is 2.50 bits per heavy atom. The molecule has 3 N–H and O–H groups in total. The molecule has 3 aromatic carbocycles. The van der Waals surface area contributed by atoms with Gasteiger partial charge in [0.15, 0.2) is 0 Å². The molecule has 0 unspecified atom stereocenters. The van der Waals surface area contributed by atoms with Crippen molar-refractivity contribution in [2.24, 2.45) is 5.92 Å². The number of nitrogens with one attached hydrogen (secondary N) is 1. The lowest BCUT2D eigenvalue weighted by atomic mass is 9.88. The summed E-state index contributed by atoms with van der Waals surface area (Å²) >= 11 is 1.51. The van der Waals surface area contributed by atoms with Crippen molar-refractivity contribution in [3.05, 3.63) is 89.2 Å². The maximum Gasteiger partial charge on any atom is 0.307 e. The van der Waals surface area contributed by atoms with Crippen molar-refractivity contribution < 1.29 is 19.4 Å². The van der Waals surface area contributed by atoms with Crippen LogP contribution in [0.5, 0.6) is 0 Å². The normalized spacial score (nSPS) is 14.6. The molecule has 3 aromatic rings. The zero-order valence-corrected chi connectivity index (χ0v) is 23.1. The van der Waals surface area contributed by atoms with Gasteiger partial charge in [-0.3, -0.25) is 4.79 Å². The van der Waals surface area contributed by atoms with Crippen LogP contribution in [0.1, 0.15) is 37.0 Å². The van der Waals surface area contributed by atoms with Crippen LogP contribution in [0.3, 0.4) is 0 Å². The van der Waals surface area contributed by atoms with Crippen LogP contribution in [0.4, 0.5) is 4.39 Å². The fraction of sp³-hybridized carbons (Fsp3) is 0.387. The number of carboxylic acid groups (broad SMARTS) is 1. The third-order valence-corrected chi connectivity index (χ3v) is 7.96. The number of nitrogens with zero attached hydrogens (tertiary/aromatic N) is 1. The third kappa shape index (κ3) is 7.90. The van der Waals surface area contributed by atoms with Gasteiger partial charge in [0.2, 0.25) is 0 Å². The van der Waals surface area contributed by atoms with E-state index in [1.54, 1.807) is 6.07 Å². The fourth-order valence-electron chi connectivity index (χ4n) is 5.43. The number of hydrogen-bond donors (Lipinski definition) is 3. The average Bonchev–Trinajstić information content (AvgIpc) is 3.24. The number of aliphatic hydroxyl groups excluding tert-OH is 1. The first-order valence-corrected chi connectivity index (χ1v) is 13.8. The number of carboxylic acids is 1. The van der Waals surface area contributed by atoms with E-state index in [1.165, 1.54) is 35.2 Å². The predicted molar refractivity (Wildman–Crippen MR) is 152 cm³/mol. The molecule has 0 bridgehead atoms. The monoisotopic (exact) mass is 536 g/mol. The van der Waals surface area contributed by atoms with Crippen LogP contribution in [0.15, 0.2) is 71.6 Å². The van der Waals surface area contributed by atoms with Gasteiger partial charge in [0.05, 0.1) is 12.5 Å². The molecule has 5 nitrogen and oxygen atoms in total. The average molecular weight is 537 g/mol. The second kappa shape index (κ2) is 12.4. The van der Waals surface area contributed by atoms with E-state index in [0.29, 0.717) is 30.1 Å². The molecule has 1 aliphatic carbocycles. The predicted octanol–water partition coefficient (Wildman–Crippen LogP) is 5.59. The highest BCUT2D eigenvalue weighted by atomic mass is 32.2. The Labute approximate surface area is 229 Å². The van der Waals surface area contributed by atoms with Crippen LogP contribution >= 0.6 is 11.9 Å². The third-order valence-electron chi connectivity index (χ3n) is 7.03. The number of aliphatic carboxylic acids is 1. The van der Waals surface area contributed by atoms with Crippen molar-refractivity contribution in [3.63, 3.8) is 0 Å². The van der Waals surface area contributed by atoms with Gasteiger partial charge < -0.3 is 15.5 Å². The van der Waals surface area contributed by atoms with Gasteiger partial charge in [-0.1, -0.05) is 42.5 Å². The highest BCUT2D eigenvalue weighted by Crippen LogP contribution is 2.32. The van der Waals surface area contributed by atoms with Gasteiger partial charge in [0, 0.05) is 23.5 Å². The Kier molecular flexibility index (Phi) is 9.26. The van der Waals surface area contributed by atoms with Crippen LogP contribution in [-0.2, 0) is 24.1 Å². The molecule has 0 saturated heterocycles. The SMILES string of the molecule is CN(C[C@H](O)CNC(C)(C)CC1Cc2ccccc2C1)Sc1cccc(-c2ccc(F)cc2CC(=O)O)c1. The second-order valence-electron chi connectivity index (χ2n) is 11.0. The number of rotatable bonds is 12. The van der Waals surface area contributed by atoms with Crippen molar-refractivity contribution in [1.82, 2.24) is 9.62 Å². The largest absolute Gasteiger partial charge is 0.481 e. The number of hydrogen-bond acceptors (Lipinski definition) is 5. The van der Waals surface area contributed by atoms with E-state index in [1.807, 2.05) is 35.6 Å². The lowest BCUT2D eigenvalue weighted by Crippen LogP contribution is -2.46. The Hall–Kier alpha value is -2.71. The molecule has 0 amide bonds. The maximum absolute atomic E-state index is 13.7. The number of carbonyl (C=O) groups is 1. The summed E-state index contributed by atoms with van der Waals surface area (Å²) in [5.41, 5.74) is 4.84. The van der Waals surface area contributed by atoms with Crippen molar-refractivity contribution in [2.45, 2.75) is 56.1 Å². The Morgan fingerprint density at radius 1 is 1.11 bits per heavy atom. The summed E-state index contributed by atoms with van der Waals surface area (Å²) in [5.74, 6) is -0.828. The van der Waals surface area contributed by atoms with Gasteiger partial charge in [0.1, 0.15) is 5.82 Å². The van der Waals surface area contributed by atoms with E-state index >= 15 is 0 Å². The van der Waals surface area contributed by atoms with Crippen LogP contribution in [-0.4, -0.2) is 52.3 Å². The van der Waals surface area contributed by atoms with Gasteiger partial charge in [-0.05, 0) is 110 Å². The number of aliphatic hydroxyl groups is 1. The Bertz CT molecular complexity index is 1240. The molecule has 0 aromatic heterocycles. The molecule has 0 heterocycles.